The summed E-state index contributed by atoms with van der Waals surface area (Å²) in [5.41, 5.74) is 1.18. The van der Waals surface area contributed by atoms with Crippen LogP contribution in [-0.4, -0.2) is 30.9 Å². The minimum absolute atomic E-state index is 0.00910. The molecule has 0 saturated heterocycles. The summed E-state index contributed by atoms with van der Waals surface area (Å²) < 4.78 is 18.3. The van der Waals surface area contributed by atoms with Gasteiger partial charge in [-0.25, -0.2) is 4.39 Å². The Balaban J connectivity index is 1.39. The minimum atomic E-state index is -0.734. The van der Waals surface area contributed by atoms with Crippen molar-refractivity contribution in [2.45, 2.75) is 13.0 Å². The van der Waals surface area contributed by atoms with Crippen LogP contribution in [0.3, 0.4) is 0 Å². The molecule has 0 unspecified atom stereocenters. The molecule has 0 aromatic heterocycles. The number of ether oxygens (including phenoxy) is 1. The largest absolute Gasteiger partial charge is 0.454 e. The van der Waals surface area contributed by atoms with Gasteiger partial charge in [0.05, 0.1) is 6.42 Å². The number of rotatable bonds is 8. The quantitative estimate of drug-likeness (QED) is 0.561. The molecule has 3 aromatic carbocycles. The van der Waals surface area contributed by atoms with E-state index in [0.29, 0.717) is 5.56 Å². The molecule has 2 amide bonds. The SMILES string of the molecule is O=C(COC(=O)CNC(=O)Cc1cccc2ccccc12)NCc1ccccc1F. The number of benzene rings is 3. The predicted octanol–water partition coefficient (Wildman–Crippen LogP) is 2.50. The van der Waals surface area contributed by atoms with Crippen LogP contribution in [0, 0.1) is 5.82 Å². The summed E-state index contributed by atoms with van der Waals surface area (Å²) in [6, 6.07) is 19.5. The van der Waals surface area contributed by atoms with E-state index < -0.39 is 24.3 Å². The molecule has 0 atom stereocenters. The third-order valence-electron chi connectivity index (χ3n) is 4.46. The molecule has 2 N–H and O–H groups in total. The van der Waals surface area contributed by atoms with Crippen LogP contribution in [0.2, 0.25) is 0 Å². The number of nitrogens with one attached hydrogen (secondary N) is 2. The van der Waals surface area contributed by atoms with E-state index in [1.54, 1.807) is 18.2 Å². The van der Waals surface area contributed by atoms with Gasteiger partial charge in [-0.3, -0.25) is 14.4 Å². The number of amides is 2. The molecule has 0 radical (unpaired) electrons. The molecule has 3 rings (SSSR count). The van der Waals surface area contributed by atoms with Crippen molar-refractivity contribution in [2.24, 2.45) is 0 Å². The van der Waals surface area contributed by atoms with Crippen molar-refractivity contribution in [1.29, 1.82) is 0 Å². The van der Waals surface area contributed by atoms with Gasteiger partial charge in [0.1, 0.15) is 12.4 Å². The van der Waals surface area contributed by atoms with Crippen LogP contribution in [0.15, 0.2) is 66.7 Å². The van der Waals surface area contributed by atoms with E-state index in [1.807, 2.05) is 42.5 Å². The zero-order valence-corrected chi connectivity index (χ0v) is 16.2. The van der Waals surface area contributed by atoms with Crippen LogP contribution in [0.25, 0.3) is 10.8 Å². The summed E-state index contributed by atoms with van der Waals surface area (Å²) in [6.45, 7) is -0.860. The topological polar surface area (TPSA) is 84.5 Å². The van der Waals surface area contributed by atoms with E-state index in [4.69, 9.17) is 4.74 Å². The first-order valence-corrected chi connectivity index (χ1v) is 9.42. The number of carbonyl (C=O) groups excluding carboxylic acids is 3. The van der Waals surface area contributed by atoms with E-state index in [9.17, 15) is 18.8 Å². The number of hydrogen-bond donors (Lipinski definition) is 2. The highest BCUT2D eigenvalue weighted by atomic mass is 19.1. The molecule has 0 aliphatic heterocycles. The molecule has 0 aliphatic carbocycles. The maximum atomic E-state index is 13.5. The Morgan fingerprint density at radius 3 is 2.33 bits per heavy atom. The van der Waals surface area contributed by atoms with Gasteiger partial charge in [-0.2, -0.15) is 0 Å². The summed E-state index contributed by atoms with van der Waals surface area (Å²) in [5.74, 6) is -2.05. The van der Waals surface area contributed by atoms with Crippen molar-refractivity contribution in [3.8, 4) is 0 Å². The maximum absolute atomic E-state index is 13.5. The zero-order chi connectivity index (χ0) is 21.3. The summed E-state index contributed by atoms with van der Waals surface area (Å²) >= 11 is 0. The number of halogens is 1. The number of fused-ring (bicyclic) bond motifs is 1. The van der Waals surface area contributed by atoms with Crippen molar-refractivity contribution in [2.75, 3.05) is 13.2 Å². The fraction of sp³-hybridized carbons (Fsp3) is 0.174. The van der Waals surface area contributed by atoms with Crippen molar-refractivity contribution in [1.82, 2.24) is 10.6 Å². The minimum Gasteiger partial charge on any atom is -0.454 e. The van der Waals surface area contributed by atoms with Gasteiger partial charge in [0.25, 0.3) is 5.91 Å². The number of esters is 1. The van der Waals surface area contributed by atoms with Crippen LogP contribution in [0.4, 0.5) is 4.39 Å². The summed E-state index contributed by atoms with van der Waals surface area (Å²) in [6.07, 6.45) is 0.123. The van der Waals surface area contributed by atoms with Gasteiger partial charge in [-0.05, 0) is 22.4 Å². The molecular weight excluding hydrogens is 387 g/mol. The second-order valence-corrected chi connectivity index (χ2v) is 6.62. The highest BCUT2D eigenvalue weighted by Crippen LogP contribution is 2.18. The first-order chi connectivity index (χ1) is 14.5. The number of carbonyl (C=O) groups is 3. The van der Waals surface area contributed by atoms with Crippen molar-refractivity contribution in [3.63, 3.8) is 0 Å². The lowest BCUT2D eigenvalue weighted by Gasteiger charge is -2.09. The van der Waals surface area contributed by atoms with Gasteiger partial charge in [0.15, 0.2) is 6.61 Å². The van der Waals surface area contributed by atoms with Gasteiger partial charge in [0.2, 0.25) is 5.91 Å². The van der Waals surface area contributed by atoms with E-state index in [1.165, 1.54) is 6.07 Å². The molecule has 6 nitrogen and oxygen atoms in total. The Morgan fingerprint density at radius 2 is 1.50 bits per heavy atom. The molecular formula is C23H21FN2O4. The molecule has 30 heavy (non-hydrogen) atoms. The van der Waals surface area contributed by atoms with Crippen LogP contribution in [-0.2, 0) is 32.1 Å². The van der Waals surface area contributed by atoms with Crippen molar-refractivity contribution < 1.29 is 23.5 Å². The Kier molecular flexibility index (Phi) is 7.10. The molecule has 0 saturated carbocycles. The van der Waals surface area contributed by atoms with E-state index in [-0.39, 0.29) is 25.4 Å². The van der Waals surface area contributed by atoms with Crippen LogP contribution >= 0.6 is 0 Å². The van der Waals surface area contributed by atoms with E-state index in [0.717, 1.165) is 16.3 Å². The molecule has 0 heterocycles. The third kappa shape index (κ3) is 5.88. The Labute approximate surface area is 173 Å². The van der Waals surface area contributed by atoms with Gasteiger partial charge >= 0.3 is 5.97 Å². The lowest BCUT2D eigenvalue weighted by Crippen LogP contribution is -2.34. The van der Waals surface area contributed by atoms with Gasteiger partial charge in [-0.15, -0.1) is 0 Å². The lowest BCUT2D eigenvalue weighted by molar-refractivity contribution is -0.148. The Bertz CT molecular complexity index is 1060. The average Bonchev–Trinajstić information content (AvgIpc) is 2.76. The van der Waals surface area contributed by atoms with Gasteiger partial charge < -0.3 is 15.4 Å². The number of hydrogen-bond acceptors (Lipinski definition) is 4. The summed E-state index contributed by atoms with van der Waals surface area (Å²) in [5, 5.41) is 6.96. The summed E-state index contributed by atoms with van der Waals surface area (Å²) in [4.78, 5) is 35.7. The first-order valence-electron chi connectivity index (χ1n) is 9.42. The van der Waals surface area contributed by atoms with Crippen LogP contribution in [0.1, 0.15) is 11.1 Å². The van der Waals surface area contributed by atoms with Gasteiger partial charge in [0, 0.05) is 12.1 Å². The standard InChI is InChI=1S/C23H21FN2O4/c24-20-11-4-2-7-18(20)13-25-22(28)15-30-23(29)14-26-21(27)12-17-9-5-8-16-6-1-3-10-19(16)17/h1-11H,12-15H2,(H,25,28)(H,26,27). The van der Waals surface area contributed by atoms with Gasteiger partial charge in [-0.1, -0.05) is 60.7 Å². The predicted molar refractivity (Wildman–Crippen MR) is 110 cm³/mol. The second-order valence-electron chi connectivity index (χ2n) is 6.62. The maximum Gasteiger partial charge on any atom is 0.325 e. The van der Waals surface area contributed by atoms with Crippen LogP contribution in [0.5, 0.6) is 0 Å². The molecule has 0 spiro atoms. The average molecular weight is 408 g/mol. The molecule has 0 aliphatic rings. The molecule has 154 valence electrons. The fourth-order valence-electron chi connectivity index (χ4n) is 2.94. The van der Waals surface area contributed by atoms with Crippen molar-refractivity contribution >= 4 is 28.6 Å². The normalized spacial score (nSPS) is 10.4. The Hall–Kier alpha value is -3.74. The highest BCUT2D eigenvalue weighted by Gasteiger charge is 2.11. The first kappa shape index (κ1) is 21.0. The fourth-order valence-corrected chi connectivity index (χ4v) is 2.94. The molecule has 0 fully saturated rings. The highest BCUT2D eigenvalue weighted by molar-refractivity contribution is 5.91. The Morgan fingerprint density at radius 1 is 0.800 bits per heavy atom. The lowest BCUT2D eigenvalue weighted by atomic mass is 10.0. The zero-order valence-electron chi connectivity index (χ0n) is 16.2. The third-order valence-corrected chi connectivity index (χ3v) is 4.46. The molecule has 7 heteroatoms. The molecule has 3 aromatic rings. The monoisotopic (exact) mass is 408 g/mol. The van der Waals surface area contributed by atoms with Crippen LogP contribution < -0.4 is 10.6 Å². The van der Waals surface area contributed by atoms with E-state index in [2.05, 4.69) is 10.6 Å². The smallest absolute Gasteiger partial charge is 0.325 e. The van der Waals surface area contributed by atoms with E-state index >= 15 is 0 Å². The van der Waals surface area contributed by atoms with Crippen molar-refractivity contribution in [3.05, 3.63) is 83.7 Å². The second kappa shape index (κ2) is 10.2. The summed E-state index contributed by atoms with van der Waals surface area (Å²) in [7, 11) is 0. The molecule has 0 bridgehead atoms.